The van der Waals surface area contributed by atoms with Crippen LogP contribution < -0.4 is 0 Å². The first-order valence-corrected chi connectivity index (χ1v) is 7.51. The molecule has 2 rings (SSSR count). The Balaban J connectivity index is 1.92. The van der Waals surface area contributed by atoms with E-state index >= 15 is 0 Å². The second-order valence-electron chi connectivity index (χ2n) is 5.54. The fourth-order valence-electron chi connectivity index (χ4n) is 2.41. The molecule has 0 unspecified atom stereocenters. The van der Waals surface area contributed by atoms with E-state index in [4.69, 9.17) is 0 Å². The Morgan fingerprint density at radius 1 is 0.750 bits per heavy atom. The molecule has 104 valence electrons. The molecule has 0 aliphatic heterocycles. The van der Waals surface area contributed by atoms with E-state index in [-0.39, 0.29) is 0 Å². The quantitative estimate of drug-likeness (QED) is 0.650. The van der Waals surface area contributed by atoms with Crippen molar-refractivity contribution in [2.75, 3.05) is 0 Å². The van der Waals surface area contributed by atoms with Crippen LogP contribution in [0.25, 0.3) is 5.57 Å². The van der Waals surface area contributed by atoms with Gasteiger partial charge in [-0.2, -0.15) is 0 Å². The smallest absolute Gasteiger partial charge is 0.0233 e. The van der Waals surface area contributed by atoms with Crippen LogP contribution in [-0.2, 0) is 19.3 Å². The number of allylic oxidation sites excluding steroid dienone is 1. The number of hydrogen-bond acceptors (Lipinski definition) is 0. The maximum atomic E-state index is 3.97. The third-order valence-electron chi connectivity index (χ3n) is 3.71. The molecular weight excluding hydrogens is 240 g/mol. The van der Waals surface area contributed by atoms with Crippen molar-refractivity contribution in [2.45, 2.75) is 39.5 Å². The van der Waals surface area contributed by atoms with E-state index in [1.54, 1.807) is 0 Å². The van der Waals surface area contributed by atoms with E-state index in [9.17, 15) is 0 Å². The normalized spacial score (nSPS) is 10.5. The van der Waals surface area contributed by atoms with E-state index in [1.807, 2.05) is 6.92 Å². The summed E-state index contributed by atoms with van der Waals surface area (Å²) in [7, 11) is 0. The van der Waals surface area contributed by atoms with Crippen molar-refractivity contribution in [1.82, 2.24) is 0 Å². The van der Waals surface area contributed by atoms with Gasteiger partial charge in [-0.15, -0.1) is 0 Å². The van der Waals surface area contributed by atoms with Crippen LogP contribution in [0.2, 0.25) is 0 Å². The minimum atomic E-state index is 1.10. The van der Waals surface area contributed by atoms with Crippen molar-refractivity contribution < 1.29 is 0 Å². The van der Waals surface area contributed by atoms with Crippen LogP contribution in [0.5, 0.6) is 0 Å². The van der Waals surface area contributed by atoms with Gasteiger partial charge in [-0.25, -0.2) is 0 Å². The standard InChI is InChI=1S/C20H24/c1-4-5-17-6-8-18(9-7-17)10-11-19-12-14-20(15-13-19)16(2)3/h6-9,12-15H,2,4-5,10-11H2,1,3H3. The first kappa shape index (κ1) is 14.6. The summed E-state index contributed by atoms with van der Waals surface area (Å²) < 4.78 is 0. The van der Waals surface area contributed by atoms with Crippen molar-refractivity contribution in [3.8, 4) is 0 Å². The number of aryl methyl sites for hydroxylation is 3. The Bertz CT molecular complexity index is 544. The summed E-state index contributed by atoms with van der Waals surface area (Å²) in [5, 5.41) is 0. The van der Waals surface area contributed by atoms with Gasteiger partial charge in [0.2, 0.25) is 0 Å². The van der Waals surface area contributed by atoms with Crippen LogP contribution in [0, 0.1) is 0 Å². The summed E-state index contributed by atoms with van der Waals surface area (Å²) in [5.74, 6) is 0. The van der Waals surface area contributed by atoms with Crippen LogP contribution in [0.3, 0.4) is 0 Å². The average molecular weight is 264 g/mol. The van der Waals surface area contributed by atoms with Crippen LogP contribution in [0.15, 0.2) is 55.1 Å². The molecule has 0 aliphatic rings. The third kappa shape index (κ3) is 4.09. The van der Waals surface area contributed by atoms with Gasteiger partial charge in [-0.3, -0.25) is 0 Å². The van der Waals surface area contributed by atoms with Crippen molar-refractivity contribution in [1.29, 1.82) is 0 Å². The monoisotopic (exact) mass is 264 g/mol. The maximum Gasteiger partial charge on any atom is -0.0233 e. The van der Waals surface area contributed by atoms with Crippen molar-refractivity contribution in [3.63, 3.8) is 0 Å². The molecule has 2 aromatic carbocycles. The van der Waals surface area contributed by atoms with E-state index < -0.39 is 0 Å². The summed E-state index contributed by atoms with van der Waals surface area (Å²) in [4.78, 5) is 0. The zero-order valence-electron chi connectivity index (χ0n) is 12.7. The summed E-state index contributed by atoms with van der Waals surface area (Å²) in [6, 6.07) is 17.8. The second-order valence-corrected chi connectivity index (χ2v) is 5.54. The Labute approximate surface area is 123 Å². The molecule has 0 aliphatic carbocycles. The average Bonchev–Trinajstić information content (AvgIpc) is 2.47. The molecule has 0 bridgehead atoms. The largest absolute Gasteiger partial charge is 0.0955 e. The summed E-state index contributed by atoms with van der Waals surface area (Å²) >= 11 is 0. The van der Waals surface area contributed by atoms with Gasteiger partial charge in [0.1, 0.15) is 0 Å². The lowest BCUT2D eigenvalue weighted by Crippen LogP contribution is -1.92. The highest BCUT2D eigenvalue weighted by molar-refractivity contribution is 5.61. The fourth-order valence-corrected chi connectivity index (χ4v) is 2.41. The second kappa shape index (κ2) is 7.09. The van der Waals surface area contributed by atoms with E-state index in [2.05, 4.69) is 62.0 Å². The number of hydrogen-bond donors (Lipinski definition) is 0. The minimum absolute atomic E-state index is 1.10. The van der Waals surface area contributed by atoms with Gasteiger partial charge in [-0.1, -0.05) is 74.0 Å². The number of benzene rings is 2. The molecular formula is C20H24. The Kier molecular flexibility index (Phi) is 5.17. The van der Waals surface area contributed by atoms with Crippen molar-refractivity contribution >= 4 is 5.57 Å². The Morgan fingerprint density at radius 3 is 1.55 bits per heavy atom. The van der Waals surface area contributed by atoms with Crippen LogP contribution >= 0.6 is 0 Å². The van der Waals surface area contributed by atoms with Gasteiger partial charge in [0, 0.05) is 0 Å². The molecule has 0 heteroatoms. The van der Waals surface area contributed by atoms with Gasteiger partial charge < -0.3 is 0 Å². The van der Waals surface area contributed by atoms with Gasteiger partial charge in [0.25, 0.3) is 0 Å². The van der Waals surface area contributed by atoms with Gasteiger partial charge in [0.05, 0.1) is 0 Å². The molecule has 0 heterocycles. The van der Waals surface area contributed by atoms with Gasteiger partial charge in [0.15, 0.2) is 0 Å². The molecule has 20 heavy (non-hydrogen) atoms. The molecule has 0 atom stereocenters. The van der Waals surface area contributed by atoms with E-state index in [0.29, 0.717) is 0 Å². The van der Waals surface area contributed by atoms with Crippen LogP contribution in [0.1, 0.15) is 42.5 Å². The number of rotatable bonds is 6. The van der Waals surface area contributed by atoms with Gasteiger partial charge >= 0.3 is 0 Å². The topological polar surface area (TPSA) is 0 Å². The zero-order valence-corrected chi connectivity index (χ0v) is 12.7. The lowest BCUT2D eigenvalue weighted by atomic mass is 10.0. The van der Waals surface area contributed by atoms with Gasteiger partial charge in [-0.05, 0) is 48.4 Å². The molecule has 0 fully saturated rings. The Hall–Kier alpha value is -1.82. The molecule has 0 saturated carbocycles. The lowest BCUT2D eigenvalue weighted by molar-refractivity contribution is 0.914. The highest BCUT2D eigenvalue weighted by Crippen LogP contribution is 2.14. The highest BCUT2D eigenvalue weighted by Gasteiger charge is 1.98. The summed E-state index contributed by atoms with van der Waals surface area (Å²) in [5.41, 5.74) is 6.63. The first-order valence-electron chi connectivity index (χ1n) is 7.51. The molecule has 0 amide bonds. The predicted octanol–water partition coefficient (Wildman–Crippen LogP) is 5.46. The molecule has 0 N–H and O–H groups in total. The van der Waals surface area contributed by atoms with Crippen molar-refractivity contribution in [2.24, 2.45) is 0 Å². The summed E-state index contributed by atoms with van der Waals surface area (Å²) in [6.45, 7) is 8.25. The molecule has 0 spiro atoms. The fraction of sp³-hybridized carbons (Fsp3) is 0.300. The lowest BCUT2D eigenvalue weighted by Gasteiger charge is -2.05. The molecule has 0 radical (unpaired) electrons. The third-order valence-corrected chi connectivity index (χ3v) is 3.71. The molecule has 0 aromatic heterocycles. The maximum absolute atomic E-state index is 3.97. The van der Waals surface area contributed by atoms with Crippen LogP contribution in [0.4, 0.5) is 0 Å². The molecule has 2 aromatic rings. The predicted molar refractivity (Wildman–Crippen MR) is 89.0 cm³/mol. The summed E-state index contributed by atoms with van der Waals surface area (Å²) in [6.07, 6.45) is 4.61. The van der Waals surface area contributed by atoms with E-state index in [1.165, 1.54) is 35.1 Å². The minimum Gasteiger partial charge on any atom is -0.0955 e. The zero-order chi connectivity index (χ0) is 14.4. The van der Waals surface area contributed by atoms with Crippen LogP contribution in [-0.4, -0.2) is 0 Å². The SMILES string of the molecule is C=C(C)c1ccc(CCc2ccc(CCC)cc2)cc1. The molecule has 0 saturated heterocycles. The Morgan fingerprint density at radius 2 is 1.15 bits per heavy atom. The molecule has 0 nitrogen and oxygen atoms in total. The highest BCUT2D eigenvalue weighted by atomic mass is 14.0. The van der Waals surface area contributed by atoms with E-state index in [0.717, 1.165) is 18.4 Å². The first-order chi connectivity index (χ1) is 9.69. The van der Waals surface area contributed by atoms with Crippen molar-refractivity contribution in [3.05, 3.63) is 77.4 Å².